The smallest absolute Gasteiger partial charge is 0.231 e. The molecule has 0 aliphatic carbocycles. The van der Waals surface area contributed by atoms with Gasteiger partial charge in [-0.2, -0.15) is 0 Å². The largest absolute Gasteiger partial charge is 0.454 e. The number of likely N-dealkylation sites (tertiary alicyclic amines) is 1. The second kappa shape index (κ2) is 8.08. The van der Waals surface area contributed by atoms with Crippen molar-refractivity contribution in [3.05, 3.63) is 53.4 Å². The molecule has 1 aromatic heterocycles. The minimum absolute atomic E-state index is 0.238. The van der Waals surface area contributed by atoms with Crippen LogP contribution >= 0.6 is 23.8 Å². The van der Waals surface area contributed by atoms with Crippen molar-refractivity contribution in [1.29, 1.82) is 0 Å². The van der Waals surface area contributed by atoms with Crippen LogP contribution in [0.3, 0.4) is 0 Å². The lowest BCUT2D eigenvalue weighted by atomic mass is 10.1. The molecule has 3 heterocycles. The summed E-state index contributed by atoms with van der Waals surface area (Å²) in [7, 11) is 0. The van der Waals surface area contributed by atoms with Crippen LogP contribution in [-0.2, 0) is 0 Å². The van der Waals surface area contributed by atoms with Gasteiger partial charge in [-0.1, -0.05) is 25.4 Å². The van der Waals surface area contributed by atoms with Gasteiger partial charge >= 0.3 is 0 Å². The Morgan fingerprint density at radius 3 is 2.69 bits per heavy atom. The van der Waals surface area contributed by atoms with Crippen LogP contribution in [0, 0.1) is 5.82 Å². The van der Waals surface area contributed by atoms with Gasteiger partial charge in [-0.15, -0.1) is 0 Å². The molecule has 0 atom stereocenters. The van der Waals surface area contributed by atoms with E-state index in [4.69, 9.17) is 33.3 Å². The molecule has 2 aromatic carbocycles. The summed E-state index contributed by atoms with van der Waals surface area (Å²) in [6.45, 7) is 5.76. The van der Waals surface area contributed by atoms with Gasteiger partial charge in [-0.25, -0.2) is 4.39 Å². The monoisotopic (exact) mass is 433 g/mol. The number of hydrogen-bond acceptors (Lipinski definition) is 3. The van der Waals surface area contributed by atoms with Crippen LogP contribution in [0.1, 0.15) is 19.9 Å². The van der Waals surface area contributed by atoms with Gasteiger partial charge in [0.05, 0.1) is 16.6 Å². The number of aromatic nitrogens is 1. The van der Waals surface area contributed by atoms with Crippen molar-refractivity contribution in [3.8, 4) is 11.5 Å². The summed E-state index contributed by atoms with van der Waals surface area (Å²) >= 11 is 11.8. The minimum atomic E-state index is -0.286. The first-order chi connectivity index (χ1) is 14.1. The molecule has 3 aromatic rings. The molecule has 1 saturated heterocycles. The predicted octanol–water partition coefficient (Wildman–Crippen LogP) is 5.44. The zero-order valence-electron chi connectivity index (χ0n) is 16.1. The average Bonchev–Trinajstić information content (AvgIpc) is 3.27. The van der Waals surface area contributed by atoms with Crippen molar-refractivity contribution in [1.82, 2.24) is 9.47 Å². The number of benzene rings is 2. The van der Waals surface area contributed by atoms with E-state index < -0.39 is 0 Å². The fourth-order valence-corrected chi connectivity index (χ4v) is 3.99. The van der Waals surface area contributed by atoms with E-state index in [0.717, 1.165) is 35.4 Å². The van der Waals surface area contributed by atoms with E-state index in [9.17, 15) is 4.39 Å². The van der Waals surface area contributed by atoms with Crippen LogP contribution in [0.25, 0.3) is 10.9 Å². The Hall–Kier alpha value is -2.51. The molecule has 2 aliphatic rings. The van der Waals surface area contributed by atoms with Crippen molar-refractivity contribution in [2.75, 3.05) is 25.2 Å². The van der Waals surface area contributed by atoms with Crippen molar-refractivity contribution in [2.24, 2.45) is 0 Å². The third-order valence-corrected chi connectivity index (χ3v) is 5.57. The van der Waals surface area contributed by atoms with E-state index in [2.05, 4.69) is 14.8 Å². The Morgan fingerprint density at radius 2 is 1.90 bits per heavy atom. The van der Waals surface area contributed by atoms with Gasteiger partial charge in [0.15, 0.2) is 16.6 Å². The fourth-order valence-electron chi connectivity index (χ4n) is 3.46. The van der Waals surface area contributed by atoms with Gasteiger partial charge < -0.3 is 24.3 Å². The van der Waals surface area contributed by atoms with Crippen molar-refractivity contribution < 1.29 is 13.9 Å². The summed E-state index contributed by atoms with van der Waals surface area (Å²) in [5, 5.41) is 5.18. The van der Waals surface area contributed by atoms with E-state index in [0.29, 0.717) is 15.9 Å². The molecule has 152 valence electrons. The molecule has 5 nitrogen and oxygen atoms in total. The minimum Gasteiger partial charge on any atom is -0.454 e. The number of halogens is 2. The molecule has 0 radical (unpaired) electrons. The second-order valence-corrected chi connectivity index (χ2v) is 7.40. The highest BCUT2D eigenvalue weighted by Crippen LogP contribution is 2.35. The Morgan fingerprint density at radius 1 is 1.14 bits per heavy atom. The van der Waals surface area contributed by atoms with Crippen LogP contribution < -0.4 is 14.8 Å². The number of hydrogen-bond donors (Lipinski definition) is 1. The first kappa shape index (κ1) is 19.8. The van der Waals surface area contributed by atoms with E-state index in [1.807, 2.05) is 38.2 Å². The van der Waals surface area contributed by atoms with Gasteiger partial charge in [0.25, 0.3) is 0 Å². The third kappa shape index (κ3) is 3.72. The fraction of sp³-hybridized carbons (Fsp3) is 0.286. The maximum absolute atomic E-state index is 13.5. The van der Waals surface area contributed by atoms with Gasteiger partial charge in [-0.3, -0.25) is 0 Å². The number of thiocarbonyl (C=S) groups is 1. The van der Waals surface area contributed by atoms with Crippen molar-refractivity contribution >= 4 is 45.5 Å². The molecule has 0 saturated carbocycles. The lowest BCUT2D eigenvalue weighted by Gasteiger charge is -2.42. The number of rotatable bonds is 2. The normalized spacial score (nSPS) is 15.0. The van der Waals surface area contributed by atoms with E-state index in [1.165, 1.54) is 12.1 Å². The van der Waals surface area contributed by atoms with Gasteiger partial charge in [0.1, 0.15) is 5.82 Å². The zero-order valence-corrected chi connectivity index (χ0v) is 17.7. The maximum atomic E-state index is 13.5. The number of ether oxygens (including phenoxy) is 2. The van der Waals surface area contributed by atoms with E-state index in [1.54, 1.807) is 6.07 Å². The Balaban J connectivity index is 0.000000994. The molecule has 1 N–H and O–H groups in total. The quantitative estimate of drug-likeness (QED) is 0.544. The Kier molecular flexibility index (Phi) is 5.52. The molecule has 0 amide bonds. The number of nitrogens with one attached hydrogen (secondary N) is 1. The Labute approximate surface area is 179 Å². The summed E-state index contributed by atoms with van der Waals surface area (Å²) in [6.07, 6.45) is 1.86. The molecule has 0 bridgehead atoms. The molecule has 29 heavy (non-hydrogen) atoms. The molecular weight excluding hydrogens is 413 g/mol. The lowest BCUT2D eigenvalue weighted by Crippen LogP contribution is -2.52. The lowest BCUT2D eigenvalue weighted by molar-refractivity contribution is 0.174. The second-order valence-electron chi connectivity index (χ2n) is 6.60. The van der Waals surface area contributed by atoms with Crippen molar-refractivity contribution in [3.63, 3.8) is 0 Å². The highest BCUT2D eigenvalue weighted by Gasteiger charge is 2.31. The van der Waals surface area contributed by atoms with Crippen LogP contribution in [0.15, 0.2) is 42.6 Å². The molecule has 0 unspecified atom stereocenters. The average molecular weight is 434 g/mol. The molecule has 5 rings (SSSR count). The van der Waals surface area contributed by atoms with Gasteiger partial charge in [0.2, 0.25) is 6.79 Å². The standard InChI is InChI=1S/C19H15ClFN3O2S.C2H6/c20-15-9-24(16-3-1-11(21)5-14(15)16)13-7-23(8-13)19(27)22-12-2-4-17-18(6-12)26-10-25-17;1-2/h1-6,9,13H,7-8,10H2,(H,22,27);1-2H3. The molecule has 2 aliphatic heterocycles. The van der Waals surface area contributed by atoms with Crippen LogP contribution in [0.4, 0.5) is 10.1 Å². The topological polar surface area (TPSA) is 38.7 Å². The number of fused-ring (bicyclic) bond motifs is 2. The van der Waals surface area contributed by atoms with Crippen LogP contribution in [0.5, 0.6) is 11.5 Å². The highest BCUT2D eigenvalue weighted by molar-refractivity contribution is 7.80. The van der Waals surface area contributed by atoms with Crippen LogP contribution in [0.2, 0.25) is 5.02 Å². The first-order valence-electron chi connectivity index (χ1n) is 9.49. The zero-order chi connectivity index (χ0) is 20.5. The third-order valence-electron chi connectivity index (χ3n) is 4.91. The van der Waals surface area contributed by atoms with E-state index in [-0.39, 0.29) is 18.7 Å². The number of nitrogens with zero attached hydrogens (tertiary/aromatic N) is 2. The van der Waals surface area contributed by atoms with Crippen molar-refractivity contribution in [2.45, 2.75) is 19.9 Å². The molecule has 0 spiro atoms. The SMILES string of the molecule is CC.Fc1ccc2c(c1)c(Cl)cn2C1CN(C(=S)Nc2ccc3c(c2)OCO3)C1. The Bertz CT molecular complexity index is 1070. The summed E-state index contributed by atoms with van der Waals surface area (Å²) in [6, 6.07) is 10.6. The molecular formula is C21H21ClFN3O2S. The molecule has 1 fully saturated rings. The number of anilines is 1. The summed E-state index contributed by atoms with van der Waals surface area (Å²) in [5.74, 6) is 1.17. The van der Waals surface area contributed by atoms with E-state index >= 15 is 0 Å². The maximum Gasteiger partial charge on any atom is 0.231 e. The van der Waals surface area contributed by atoms with Gasteiger partial charge in [-0.05, 0) is 42.5 Å². The highest BCUT2D eigenvalue weighted by atomic mass is 35.5. The summed E-state index contributed by atoms with van der Waals surface area (Å²) in [5.41, 5.74) is 1.79. The molecule has 8 heteroatoms. The summed E-state index contributed by atoms with van der Waals surface area (Å²) < 4.78 is 26.3. The van der Waals surface area contributed by atoms with Crippen LogP contribution in [-0.4, -0.2) is 34.5 Å². The van der Waals surface area contributed by atoms with Gasteiger partial charge in [0, 0.05) is 36.4 Å². The summed E-state index contributed by atoms with van der Waals surface area (Å²) in [4.78, 5) is 2.08. The predicted molar refractivity (Wildman–Crippen MR) is 118 cm³/mol. The first-order valence-corrected chi connectivity index (χ1v) is 10.3.